The number of aromatic nitrogens is 1. The summed E-state index contributed by atoms with van der Waals surface area (Å²) >= 11 is 0. The van der Waals surface area contributed by atoms with Gasteiger partial charge in [0, 0.05) is 49.4 Å². The molecule has 10 nitrogen and oxygen atoms in total. The van der Waals surface area contributed by atoms with Crippen molar-refractivity contribution >= 4 is 11.9 Å². The molecule has 1 aromatic carbocycles. The average Bonchev–Trinajstić information content (AvgIpc) is 3.01. The monoisotopic (exact) mass is 635 g/mol. The van der Waals surface area contributed by atoms with Crippen LogP contribution in [-0.2, 0) is 19.0 Å². The SMILES string of the molecule is CO[C@H]1CC[C@@]2(C)C(C[C@H](OC(=O)c3ccc(F)cc3)[C@@]3(C)Oc4cc(-c5cccnc5)oc(=O)c4[C@H](O)C23)[C@]1(C)COC(C)=O. The number of methoxy groups -OCH3 is 1. The first kappa shape index (κ1) is 31.9. The van der Waals surface area contributed by atoms with Crippen LogP contribution in [0.25, 0.3) is 11.3 Å². The van der Waals surface area contributed by atoms with Gasteiger partial charge in [-0.25, -0.2) is 14.0 Å². The molecular weight excluding hydrogens is 597 g/mol. The van der Waals surface area contributed by atoms with E-state index in [0.717, 1.165) is 0 Å². The minimum absolute atomic E-state index is 0.0174. The molecule has 2 saturated carbocycles. The zero-order chi connectivity index (χ0) is 33.0. The van der Waals surface area contributed by atoms with Crippen LogP contribution in [0.15, 0.2) is 64.1 Å². The van der Waals surface area contributed by atoms with Crippen LogP contribution in [0.5, 0.6) is 5.75 Å². The molecule has 0 spiro atoms. The standard InChI is InChI=1S/C35H38FNO9/c1-19(38)43-18-34(3)25-16-27(45-31(40)20-8-10-22(36)11-9-20)35(4)30(33(25,2)13-12-26(34)42-5)29(39)28-24(46-35)15-23(44-32(28)41)21-7-6-14-37-17-21/h6-11,14-15,17,25-27,29-30,39H,12-13,16,18H2,1-5H3/t25?,26-,27-,29-,30?,33-,34-,35+/m0/s1. The zero-order valence-corrected chi connectivity index (χ0v) is 26.4. The van der Waals surface area contributed by atoms with E-state index >= 15 is 0 Å². The Hall–Kier alpha value is -4.09. The van der Waals surface area contributed by atoms with E-state index in [4.69, 9.17) is 23.4 Å². The molecule has 3 aliphatic rings. The number of ether oxygens (including phenoxy) is 4. The van der Waals surface area contributed by atoms with Gasteiger partial charge >= 0.3 is 17.6 Å². The number of carbonyl (C=O) groups is 2. The zero-order valence-electron chi connectivity index (χ0n) is 26.4. The van der Waals surface area contributed by atoms with Gasteiger partial charge in [-0.1, -0.05) is 13.8 Å². The predicted molar refractivity (Wildman–Crippen MR) is 162 cm³/mol. The van der Waals surface area contributed by atoms with Gasteiger partial charge in [-0.2, -0.15) is 0 Å². The molecule has 0 radical (unpaired) electrons. The van der Waals surface area contributed by atoms with Crippen molar-refractivity contribution in [2.75, 3.05) is 13.7 Å². The molecule has 2 aromatic heterocycles. The van der Waals surface area contributed by atoms with E-state index in [1.807, 2.05) is 13.8 Å². The van der Waals surface area contributed by atoms with Crippen molar-refractivity contribution < 1.29 is 42.5 Å². The van der Waals surface area contributed by atoms with Gasteiger partial charge in [0.15, 0.2) is 0 Å². The topological polar surface area (TPSA) is 134 Å². The number of rotatable bonds is 6. The van der Waals surface area contributed by atoms with Crippen LogP contribution < -0.4 is 10.4 Å². The van der Waals surface area contributed by atoms with Crippen molar-refractivity contribution in [1.29, 1.82) is 0 Å². The third kappa shape index (κ3) is 5.09. The molecular formula is C35H38FNO9. The first-order valence-corrected chi connectivity index (χ1v) is 15.4. The van der Waals surface area contributed by atoms with Crippen molar-refractivity contribution in [2.45, 2.75) is 70.9 Å². The molecule has 3 heterocycles. The number of esters is 2. The van der Waals surface area contributed by atoms with E-state index < -0.39 is 57.9 Å². The highest BCUT2D eigenvalue weighted by molar-refractivity contribution is 5.89. The maximum atomic E-state index is 13.7. The summed E-state index contributed by atoms with van der Waals surface area (Å²) in [5.41, 5.74) is -2.86. The second-order valence-corrected chi connectivity index (χ2v) is 13.4. The van der Waals surface area contributed by atoms with Gasteiger partial charge in [0.05, 0.1) is 24.4 Å². The third-order valence-corrected chi connectivity index (χ3v) is 10.7. The van der Waals surface area contributed by atoms with Crippen LogP contribution in [0.2, 0.25) is 0 Å². The van der Waals surface area contributed by atoms with Gasteiger partial charge in [0.2, 0.25) is 0 Å². The Kier molecular flexibility index (Phi) is 8.05. The summed E-state index contributed by atoms with van der Waals surface area (Å²) in [7, 11) is 1.61. The van der Waals surface area contributed by atoms with Crippen LogP contribution in [0.3, 0.4) is 0 Å². The van der Waals surface area contributed by atoms with Crippen LogP contribution in [0.1, 0.15) is 69.0 Å². The number of halogens is 1. The molecule has 46 heavy (non-hydrogen) atoms. The summed E-state index contributed by atoms with van der Waals surface area (Å²) in [6, 6.07) is 10.0. The Balaban J connectivity index is 1.50. The summed E-state index contributed by atoms with van der Waals surface area (Å²) in [6.07, 6.45) is 1.96. The van der Waals surface area contributed by atoms with Gasteiger partial charge in [0.1, 0.15) is 34.6 Å². The Bertz CT molecular complexity index is 1690. The number of fused-ring (bicyclic) bond motifs is 4. The number of hydrogen-bond donors (Lipinski definition) is 1. The summed E-state index contributed by atoms with van der Waals surface area (Å²) in [5, 5.41) is 12.2. The molecule has 2 unspecified atom stereocenters. The minimum Gasteiger partial charge on any atom is -0.482 e. The Labute approximate surface area is 265 Å². The number of benzene rings is 1. The molecule has 8 atom stereocenters. The smallest absolute Gasteiger partial charge is 0.345 e. The highest BCUT2D eigenvalue weighted by Gasteiger charge is 2.70. The molecule has 0 bridgehead atoms. The van der Waals surface area contributed by atoms with E-state index in [1.165, 1.54) is 31.2 Å². The van der Waals surface area contributed by atoms with E-state index in [2.05, 4.69) is 4.98 Å². The summed E-state index contributed by atoms with van der Waals surface area (Å²) in [4.78, 5) is 43.3. The highest BCUT2D eigenvalue weighted by Crippen LogP contribution is 2.67. The molecule has 6 rings (SSSR count). The normalized spacial score (nSPS) is 33.1. The van der Waals surface area contributed by atoms with Crippen LogP contribution in [0, 0.1) is 28.5 Å². The van der Waals surface area contributed by atoms with Crippen molar-refractivity contribution in [2.24, 2.45) is 22.7 Å². The molecule has 1 N–H and O–H groups in total. The number of hydrogen-bond acceptors (Lipinski definition) is 10. The lowest BCUT2D eigenvalue weighted by Gasteiger charge is -2.66. The Morgan fingerprint density at radius 1 is 1.13 bits per heavy atom. The summed E-state index contributed by atoms with van der Waals surface area (Å²) < 4.78 is 43.9. The second-order valence-electron chi connectivity index (χ2n) is 13.4. The predicted octanol–water partition coefficient (Wildman–Crippen LogP) is 5.27. The molecule has 11 heteroatoms. The first-order valence-electron chi connectivity index (χ1n) is 15.4. The van der Waals surface area contributed by atoms with Crippen molar-refractivity contribution in [3.05, 3.63) is 82.2 Å². The fraction of sp³-hybridized carbons (Fsp3) is 0.486. The van der Waals surface area contributed by atoms with Gasteiger partial charge in [-0.05, 0) is 73.9 Å². The molecule has 2 aliphatic carbocycles. The lowest BCUT2D eigenvalue weighted by Crippen LogP contribution is -2.71. The van der Waals surface area contributed by atoms with Crippen molar-refractivity contribution in [3.63, 3.8) is 0 Å². The number of carbonyl (C=O) groups excluding carboxylic acids is 2. The first-order chi connectivity index (χ1) is 21.8. The van der Waals surface area contributed by atoms with E-state index in [0.29, 0.717) is 18.4 Å². The number of aliphatic hydroxyl groups excluding tert-OH is 1. The van der Waals surface area contributed by atoms with Crippen molar-refractivity contribution in [1.82, 2.24) is 4.98 Å². The number of aliphatic hydroxyl groups is 1. The number of nitrogens with zero attached hydrogens (tertiary/aromatic N) is 1. The van der Waals surface area contributed by atoms with Crippen molar-refractivity contribution in [3.8, 4) is 17.1 Å². The molecule has 1 aliphatic heterocycles. The van der Waals surface area contributed by atoms with E-state index in [9.17, 15) is 23.9 Å². The maximum absolute atomic E-state index is 13.7. The van der Waals surface area contributed by atoms with Crippen LogP contribution in [0.4, 0.5) is 4.39 Å². The molecule has 3 aromatic rings. The fourth-order valence-corrected chi connectivity index (χ4v) is 8.61. The highest BCUT2D eigenvalue weighted by atomic mass is 19.1. The Morgan fingerprint density at radius 2 is 1.87 bits per heavy atom. The minimum atomic E-state index is -1.36. The Morgan fingerprint density at radius 3 is 2.52 bits per heavy atom. The largest absolute Gasteiger partial charge is 0.482 e. The molecule has 0 saturated heterocycles. The molecule has 244 valence electrons. The van der Waals surface area contributed by atoms with Gasteiger partial charge in [-0.3, -0.25) is 9.78 Å². The third-order valence-electron chi connectivity index (χ3n) is 10.7. The van der Waals surface area contributed by atoms with E-state index in [1.54, 1.807) is 44.6 Å². The molecule has 2 fully saturated rings. The molecule has 0 amide bonds. The average molecular weight is 636 g/mol. The van der Waals surface area contributed by atoms with Crippen LogP contribution in [-0.4, -0.2) is 53.6 Å². The lowest BCUT2D eigenvalue weighted by atomic mass is 9.42. The summed E-state index contributed by atoms with van der Waals surface area (Å²) in [6.45, 7) is 7.18. The lowest BCUT2D eigenvalue weighted by molar-refractivity contribution is -0.266. The van der Waals surface area contributed by atoms with Crippen LogP contribution >= 0.6 is 0 Å². The second kappa shape index (κ2) is 11.6. The maximum Gasteiger partial charge on any atom is 0.345 e. The fourth-order valence-electron chi connectivity index (χ4n) is 8.61. The van der Waals surface area contributed by atoms with Gasteiger partial charge in [0.25, 0.3) is 0 Å². The van der Waals surface area contributed by atoms with Gasteiger partial charge in [-0.15, -0.1) is 0 Å². The number of pyridine rings is 1. The quantitative estimate of drug-likeness (QED) is 0.357. The van der Waals surface area contributed by atoms with E-state index in [-0.39, 0.29) is 47.7 Å². The van der Waals surface area contributed by atoms with Gasteiger partial charge < -0.3 is 28.5 Å². The summed E-state index contributed by atoms with van der Waals surface area (Å²) in [5.74, 6) is -2.39.